The molecule has 5 nitrogen and oxygen atoms in total. The zero-order valence-corrected chi connectivity index (χ0v) is 14.7. The zero-order valence-electron chi connectivity index (χ0n) is 13.9. The van der Waals surface area contributed by atoms with Crippen molar-refractivity contribution in [2.24, 2.45) is 5.92 Å². The van der Waals surface area contributed by atoms with Crippen LogP contribution in [0.4, 0.5) is 5.95 Å². The molecule has 3 atom stereocenters. The van der Waals surface area contributed by atoms with Gasteiger partial charge in [0.05, 0.1) is 5.75 Å². The lowest BCUT2D eigenvalue weighted by Gasteiger charge is -2.33. The molecule has 1 aromatic rings. The highest BCUT2D eigenvalue weighted by Crippen LogP contribution is 2.41. The fourth-order valence-corrected chi connectivity index (χ4v) is 4.41. The number of rotatable bonds is 6. The number of terminal acetylenes is 1. The third kappa shape index (κ3) is 3.84. The van der Waals surface area contributed by atoms with Crippen LogP contribution in [0.5, 0.6) is 0 Å². The van der Waals surface area contributed by atoms with E-state index in [-0.39, 0.29) is 11.9 Å². The summed E-state index contributed by atoms with van der Waals surface area (Å²) in [5.74, 6) is 5.49. The summed E-state index contributed by atoms with van der Waals surface area (Å²) in [7, 11) is 0. The minimum Gasteiger partial charge on any atom is -0.353 e. The molecule has 6 heteroatoms. The van der Waals surface area contributed by atoms with E-state index in [1.165, 1.54) is 19.3 Å². The fraction of sp³-hybridized carbons (Fsp3) is 0.611. The van der Waals surface area contributed by atoms with Gasteiger partial charge >= 0.3 is 0 Å². The largest absolute Gasteiger partial charge is 0.353 e. The van der Waals surface area contributed by atoms with Crippen molar-refractivity contribution >= 4 is 23.6 Å². The maximum atomic E-state index is 12.7. The second-order valence-electron chi connectivity index (χ2n) is 6.37. The van der Waals surface area contributed by atoms with Crippen molar-refractivity contribution < 1.29 is 4.79 Å². The number of nitrogens with zero attached hydrogens (tertiary/aromatic N) is 3. The number of thioether (sulfide) groups is 1. The van der Waals surface area contributed by atoms with E-state index in [0.717, 1.165) is 18.6 Å². The van der Waals surface area contributed by atoms with Gasteiger partial charge in [-0.15, -0.1) is 18.2 Å². The van der Waals surface area contributed by atoms with Crippen LogP contribution in [-0.2, 0) is 4.79 Å². The van der Waals surface area contributed by atoms with Crippen molar-refractivity contribution in [3.8, 4) is 12.3 Å². The molecule has 1 aliphatic carbocycles. The van der Waals surface area contributed by atoms with Gasteiger partial charge in [-0.1, -0.05) is 18.8 Å². The summed E-state index contributed by atoms with van der Waals surface area (Å²) in [4.78, 5) is 23.7. The average molecular weight is 344 g/mol. The highest BCUT2D eigenvalue weighted by Gasteiger charge is 2.46. The molecular weight excluding hydrogens is 320 g/mol. The molecule has 128 valence electrons. The molecule has 3 rings (SSSR count). The van der Waals surface area contributed by atoms with Gasteiger partial charge in [0, 0.05) is 30.7 Å². The normalized spacial score (nSPS) is 25.8. The van der Waals surface area contributed by atoms with Crippen molar-refractivity contribution in [3.05, 3.63) is 18.5 Å². The Morgan fingerprint density at radius 2 is 2.17 bits per heavy atom. The molecule has 1 saturated heterocycles. The summed E-state index contributed by atoms with van der Waals surface area (Å²) in [6.45, 7) is 0.653. The first kappa shape index (κ1) is 17.1. The first-order valence-electron chi connectivity index (χ1n) is 8.65. The molecule has 0 unspecified atom stereocenters. The Labute approximate surface area is 148 Å². The molecule has 0 bridgehead atoms. The third-order valence-electron chi connectivity index (χ3n) is 4.90. The molecule has 1 aromatic heterocycles. The molecule has 2 aliphatic rings. The molecule has 0 radical (unpaired) electrons. The zero-order chi connectivity index (χ0) is 16.8. The van der Waals surface area contributed by atoms with Crippen LogP contribution in [0.2, 0.25) is 0 Å². The van der Waals surface area contributed by atoms with E-state index in [2.05, 4.69) is 26.1 Å². The first-order chi connectivity index (χ1) is 11.8. The lowest BCUT2D eigenvalue weighted by Crippen LogP contribution is -2.48. The van der Waals surface area contributed by atoms with Crippen molar-refractivity contribution in [1.82, 2.24) is 15.3 Å². The van der Waals surface area contributed by atoms with Gasteiger partial charge in [0.15, 0.2) is 0 Å². The summed E-state index contributed by atoms with van der Waals surface area (Å²) in [5, 5.41) is 3.07. The number of anilines is 1. The number of hydrogen-bond acceptors (Lipinski definition) is 5. The average Bonchev–Trinajstić information content (AvgIpc) is 3.02. The number of amides is 1. The molecule has 0 spiro atoms. The minimum absolute atomic E-state index is 0.0955. The lowest BCUT2D eigenvalue weighted by molar-refractivity contribution is -0.122. The summed E-state index contributed by atoms with van der Waals surface area (Å²) in [6.07, 6.45) is 14.5. The molecule has 1 N–H and O–H groups in total. The lowest BCUT2D eigenvalue weighted by atomic mass is 9.85. The second kappa shape index (κ2) is 8.39. The molecule has 0 aromatic carbocycles. The molecule has 2 fully saturated rings. The van der Waals surface area contributed by atoms with Gasteiger partial charge < -0.3 is 10.2 Å². The number of carbonyl (C=O) groups is 1. The first-order valence-corrected chi connectivity index (χ1v) is 9.81. The van der Waals surface area contributed by atoms with E-state index in [1.54, 1.807) is 24.2 Å². The molecule has 1 aliphatic heterocycles. The number of aromatic nitrogens is 2. The van der Waals surface area contributed by atoms with E-state index in [9.17, 15) is 4.79 Å². The van der Waals surface area contributed by atoms with Gasteiger partial charge in [-0.2, -0.15) is 0 Å². The van der Waals surface area contributed by atoms with Crippen molar-refractivity contribution in [2.45, 2.75) is 44.2 Å². The van der Waals surface area contributed by atoms with Crippen LogP contribution < -0.4 is 10.2 Å². The Bertz CT molecular complexity index is 588. The molecule has 1 saturated carbocycles. The number of nitrogens with one attached hydrogen (secondary N) is 1. The van der Waals surface area contributed by atoms with Crippen LogP contribution in [0.25, 0.3) is 0 Å². The van der Waals surface area contributed by atoms with E-state index in [1.807, 2.05) is 6.07 Å². The van der Waals surface area contributed by atoms with Crippen LogP contribution in [0, 0.1) is 18.3 Å². The fourth-order valence-electron chi connectivity index (χ4n) is 3.90. The van der Waals surface area contributed by atoms with E-state index in [0.29, 0.717) is 30.2 Å². The molecular formula is C18H24N4OS. The van der Waals surface area contributed by atoms with Crippen LogP contribution in [0.1, 0.15) is 32.1 Å². The Hall–Kier alpha value is -1.74. The van der Waals surface area contributed by atoms with Gasteiger partial charge in [-0.25, -0.2) is 9.97 Å². The Balaban J connectivity index is 1.68. The van der Waals surface area contributed by atoms with Crippen molar-refractivity contribution in [3.63, 3.8) is 0 Å². The van der Waals surface area contributed by atoms with Gasteiger partial charge in [-0.05, 0) is 31.2 Å². The topological polar surface area (TPSA) is 58.1 Å². The smallest absolute Gasteiger partial charge is 0.242 e. The van der Waals surface area contributed by atoms with E-state index < -0.39 is 0 Å². The van der Waals surface area contributed by atoms with Gasteiger partial charge in [0.2, 0.25) is 11.9 Å². The number of fused-ring (bicyclic) bond motifs is 1. The summed E-state index contributed by atoms with van der Waals surface area (Å²) < 4.78 is 0. The monoisotopic (exact) mass is 344 g/mol. The minimum atomic E-state index is -0.155. The van der Waals surface area contributed by atoms with E-state index in [4.69, 9.17) is 6.42 Å². The number of hydrogen-bond donors (Lipinski definition) is 1. The van der Waals surface area contributed by atoms with Crippen molar-refractivity contribution in [1.29, 1.82) is 0 Å². The van der Waals surface area contributed by atoms with Crippen LogP contribution in [0.3, 0.4) is 0 Å². The third-order valence-corrected chi connectivity index (χ3v) is 5.77. The van der Waals surface area contributed by atoms with Crippen LogP contribution in [-0.4, -0.2) is 46.0 Å². The molecule has 24 heavy (non-hydrogen) atoms. The summed E-state index contributed by atoms with van der Waals surface area (Å²) in [6, 6.07) is 2.06. The maximum Gasteiger partial charge on any atom is 0.242 e. The van der Waals surface area contributed by atoms with Crippen LogP contribution in [0.15, 0.2) is 18.5 Å². The number of carbonyl (C=O) groups excluding carboxylic acids is 1. The predicted octanol–water partition coefficient (Wildman–Crippen LogP) is 2.10. The Kier molecular flexibility index (Phi) is 5.97. The molecule has 1 amide bonds. The Morgan fingerprint density at radius 1 is 1.38 bits per heavy atom. The van der Waals surface area contributed by atoms with Gasteiger partial charge in [0.25, 0.3) is 0 Å². The Morgan fingerprint density at radius 3 is 2.96 bits per heavy atom. The summed E-state index contributed by atoms with van der Waals surface area (Å²) >= 11 is 1.67. The highest BCUT2D eigenvalue weighted by atomic mass is 32.2. The van der Waals surface area contributed by atoms with Crippen LogP contribution >= 0.6 is 11.8 Å². The predicted molar refractivity (Wildman–Crippen MR) is 97.8 cm³/mol. The quantitative estimate of drug-likeness (QED) is 0.633. The maximum absolute atomic E-state index is 12.7. The van der Waals surface area contributed by atoms with Gasteiger partial charge in [0.1, 0.15) is 6.04 Å². The summed E-state index contributed by atoms with van der Waals surface area (Å²) in [5.41, 5.74) is 0. The standard InChI is InChI=1S/C18H24N4OS/c1-2-11-24-12-10-19-17(23)16-13-14-6-3-4-7-15(14)22(16)18-20-8-5-9-21-18/h1,5,8-9,14-16H,3-4,6-7,10-13H2,(H,19,23)/t14-,15-,16+/m1/s1. The molecule has 2 heterocycles. The van der Waals surface area contributed by atoms with E-state index >= 15 is 0 Å². The second-order valence-corrected chi connectivity index (χ2v) is 7.47. The SMILES string of the molecule is C#CCSCCNC(=O)[C@@H]1C[C@H]2CCCC[C@H]2N1c1ncccn1. The van der Waals surface area contributed by atoms with Gasteiger partial charge in [-0.3, -0.25) is 4.79 Å². The highest BCUT2D eigenvalue weighted by molar-refractivity contribution is 7.99. The van der Waals surface area contributed by atoms with Crippen molar-refractivity contribution in [2.75, 3.05) is 23.0 Å².